The molecule has 0 aromatic heterocycles. The predicted molar refractivity (Wildman–Crippen MR) is 119 cm³/mol. The average Bonchev–Trinajstić information content (AvgIpc) is 2.55. The van der Waals surface area contributed by atoms with E-state index in [1.54, 1.807) is 0 Å². The average molecular weight is 738 g/mol. The van der Waals surface area contributed by atoms with Crippen LogP contribution in [0.3, 0.4) is 0 Å². The van der Waals surface area contributed by atoms with Gasteiger partial charge in [0.1, 0.15) is 36.6 Å². The molecule has 34 heteroatoms. The standard InChI is InChI=1S/C6H12O6.Na.3H4O7P2.H/c7-1-2(8)4(10)6(12)5(11)3(1)9;;3*1-8(2,3)7-9(4,5)6;/h1-12H;;3*(H2,1,2,3)(H2,4,5,6);/t1-,2-,3-,4+,5-,6-;;;;;. The van der Waals surface area contributed by atoms with Crippen molar-refractivity contribution in [1.82, 2.24) is 0 Å². The van der Waals surface area contributed by atoms with Crippen LogP contribution >= 0.6 is 46.9 Å². The molecule has 242 valence electrons. The summed E-state index contributed by atoms with van der Waals surface area (Å²) in [5.41, 5.74) is 0. The molecule has 0 heterocycles. The van der Waals surface area contributed by atoms with Crippen LogP contribution in [-0.4, -0.2) is 156 Å². The van der Waals surface area contributed by atoms with Gasteiger partial charge in [-0.2, -0.15) is 12.9 Å². The third kappa shape index (κ3) is 31.0. The zero-order chi connectivity index (χ0) is 32.6. The maximum atomic E-state index is 9.63. The Hall–Kier alpha value is 1.54. The second-order valence-electron chi connectivity index (χ2n) is 6.13. The Morgan fingerprint density at radius 3 is 0.400 bits per heavy atom. The molecule has 0 saturated heterocycles. The summed E-state index contributed by atoms with van der Waals surface area (Å²) in [6.07, 6.45) is -9.84. The first kappa shape index (κ1) is 48.4. The van der Waals surface area contributed by atoms with Gasteiger partial charge < -0.3 is 89.4 Å². The van der Waals surface area contributed by atoms with Crippen molar-refractivity contribution in [2.75, 3.05) is 0 Å². The normalized spacial score (nSPS) is 25.9. The van der Waals surface area contributed by atoms with Crippen LogP contribution in [0, 0.1) is 0 Å². The van der Waals surface area contributed by atoms with Crippen molar-refractivity contribution in [2.45, 2.75) is 36.6 Å². The van der Waals surface area contributed by atoms with Gasteiger partial charge in [-0.15, -0.1) is 0 Å². The summed E-state index contributed by atoms with van der Waals surface area (Å²) in [6, 6.07) is 0. The van der Waals surface area contributed by atoms with E-state index in [9.17, 15) is 27.4 Å². The molecular formula is C6H25NaO27P6. The Balaban J connectivity index is -0.000000216. The molecule has 0 aliphatic heterocycles. The van der Waals surface area contributed by atoms with Crippen molar-refractivity contribution < 1.29 is 130 Å². The Kier molecular flexibility index (Phi) is 22.4. The van der Waals surface area contributed by atoms with Crippen LogP contribution in [0.1, 0.15) is 0 Å². The van der Waals surface area contributed by atoms with Gasteiger partial charge in [0.15, 0.2) is 0 Å². The summed E-state index contributed by atoms with van der Waals surface area (Å²) in [4.78, 5) is 93.0. The molecule has 0 aromatic rings. The quantitative estimate of drug-likeness (QED) is 0.0889. The molecule has 1 saturated carbocycles. The van der Waals surface area contributed by atoms with Crippen LogP contribution in [0.4, 0.5) is 0 Å². The van der Waals surface area contributed by atoms with Gasteiger partial charge in [-0.3, -0.25) is 0 Å². The number of hydrogen-bond acceptors (Lipinski definition) is 15. The number of aliphatic hydroxyl groups excluding tert-OH is 6. The zero-order valence-electron chi connectivity index (χ0n) is 17.9. The summed E-state index contributed by atoms with van der Waals surface area (Å²) < 4.78 is 66.6. The monoisotopic (exact) mass is 738 g/mol. The van der Waals surface area contributed by atoms with Crippen molar-refractivity contribution in [3.63, 3.8) is 0 Å². The number of phosphoric acid groups is 6. The van der Waals surface area contributed by atoms with Gasteiger partial charge in [0.25, 0.3) is 0 Å². The first-order valence-corrected chi connectivity index (χ1v) is 17.3. The van der Waals surface area contributed by atoms with Crippen LogP contribution < -0.4 is 0 Å². The fourth-order valence-corrected chi connectivity index (χ4v) is 4.95. The van der Waals surface area contributed by atoms with E-state index >= 15 is 0 Å². The fourth-order valence-electron chi connectivity index (χ4n) is 1.63. The Labute approximate surface area is 242 Å². The zero-order valence-corrected chi connectivity index (χ0v) is 23.2. The van der Waals surface area contributed by atoms with Gasteiger partial charge in [-0.05, 0) is 0 Å². The SMILES string of the molecule is O=P(O)(O)OP(=O)(O)O.O=P(O)(O)OP(=O)(O)O.O=P(O)(O)OP(=O)(O)O.O[C@H]1[C@H](O)[C@@H](O)[C@H](O)[C@@H](O)[C@H]1O.[NaH]. The third-order valence-corrected chi connectivity index (χ3v) is 7.84. The third-order valence-electron chi connectivity index (χ3n) is 2.74. The van der Waals surface area contributed by atoms with Crippen LogP contribution in [0.2, 0.25) is 0 Å². The van der Waals surface area contributed by atoms with Crippen molar-refractivity contribution in [2.24, 2.45) is 0 Å². The minimum atomic E-state index is -5.05. The first-order chi connectivity index (χ1) is 16.6. The van der Waals surface area contributed by atoms with Gasteiger partial charge in [0, 0.05) is 0 Å². The van der Waals surface area contributed by atoms with Crippen molar-refractivity contribution in [1.29, 1.82) is 0 Å². The Morgan fingerprint density at radius 2 is 0.375 bits per heavy atom. The van der Waals surface area contributed by atoms with Crippen LogP contribution in [0.15, 0.2) is 0 Å². The molecule has 0 spiro atoms. The minimum absolute atomic E-state index is 0. The molecule has 1 rings (SSSR count). The van der Waals surface area contributed by atoms with E-state index in [2.05, 4.69) is 12.9 Å². The predicted octanol–water partition coefficient (Wildman–Crippen LogP) is -6.92. The fraction of sp³-hybridized carbons (Fsp3) is 1.00. The van der Waals surface area contributed by atoms with E-state index < -0.39 is 83.6 Å². The summed E-state index contributed by atoms with van der Waals surface area (Å²) in [6.45, 7) is 0. The summed E-state index contributed by atoms with van der Waals surface area (Å²) >= 11 is 0. The number of aliphatic hydroxyl groups is 6. The van der Waals surface area contributed by atoms with E-state index in [0.29, 0.717) is 0 Å². The van der Waals surface area contributed by atoms with Crippen LogP contribution in [0.25, 0.3) is 0 Å². The summed E-state index contributed by atoms with van der Waals surface area (Å²) in [7, 11) is -30.3. The first-order valence-electron chi connectivity index (χ1n) is 8.14. The molecule has 0 atom stereocenters. The maximum absolute atomic E-state index is 9.63. The van der Waals surface area contributed by atoms with E-state index in [1.165, 1.54) is 0 Å². The van der Waals surface area contributed by atoms with Gasteiger partial charge in [-0.25, -0.2) is 27.4 Å². The van der Waals surface area contributed by atoms with E-state index in [-0.39, 0.29) is 29.6 Å². The summed E-state index contributed by atoms with van der Waals surface area (Å²) in [5.74, 6) is 0. The second-order valence-corrected chi connectivity index (χ2v) is 14.0. The van der Waals surface area contributed by atoms with Crippen molar-refractivity contribution in [3.8, 4) is 0 Å². The van der Waals surface area contributed by atoms with Crippen molar-refractivity contribution >= 4 is 76.5 Å². The molecule has 1 aliphatic rings. The van der Waals surface area contributed by atoms with Crippen molar-refractivity contribution in [3.05, 3.63) is 0 Å². The van der Waals surface area contributed by atoms with Gasteiger partial charge in [0.2, 0.25) is 0 Å². The molecule has 0 amide bonds. The van der Waals surface area contributed by atoms with Gasteiger partial charge in [-0.1, -0.05) is 0 Å². The van der Waals surface area contributed by atoms with Gasteiger partial charge >= 0.3 is 76.5 Å². The topological polar surface area (TPSA) is 494 Å². The molecule has 1 aliphatic carbocycles. The molecule has 0 unspecified atom stereocenters. The molecule has 27 nitrogen and oxygen atoms in total. The van der Waals surface area contributed by atoms with Crippen LogP contribution in [-0.2, 0) is 40.3 Å². The number of hydrogen-bond donors (Lipinski definition) is 18. The molecular weight excluding hydrogens is 713 g/mol. The Bertz CT molecular complexity index is 790. The Morgan fingerprint density at radius 1 is 0.300 bits per heavy atom. The molecule has 0 bridgehead atoms. The molecule has 40 heavy (non-hydrogen) atoms. The van der Waals surface area contributed by atoms with E-state index in [1.807, 2.05) is 0 Å². The van der Waals surface area contributed by atoms with Gasteiger partial charge in [0.05, 0.1) is 0 Å². The van der Waals surface area contributed by atoms with E-state index in [0.717, 1.165) is 0 Å². The van der Waals surface area contributed by atoms with E-state index in [4.69, 9.17) is 89.4 Å². The summed E-state index contributed by atoms with van der Waals surface area (Å²) in [5, 5.41) is 53.8. The molecule has 0 radical (unpaired) electrons. The second kappa shape index (κ2) is 18.5. The molecule has 18 N–H and O–H groups in total. The number of rotatable bonds is 6. The molecule has 0 aromatic carbocycles. The van der Waals surface area contributed by atoms with Crippen LogP contribution in [0.5, 0.6) is 0 Å². The molecule has 1 fully saturated rings.